The molecule has 2 aromatic rings. The number of amides is 1. The van der Waals surface area contributed by atoms with Crippen LogP contribution in [0.15, 0.2) is 47.5 Å². The van der Waals surface area contributed by atoms with E-state index in [0.717, 1.165) is 5.03 Å². The van der Waals surface area contributed by atoms with Crippen molar-refractivity contribution in [2.24, 2.45) is 0 Å². The number of rotatable bonds is 3. The predicted octanol–water partition coefficient (Wildman–Crippen LogP) is 3.19. The third kappa shape index (κ3) is 3.07. The SMILES string of the molecule is CSc1cccc(NC(=O)c2ccc(F)cc2)n1. The van der Waals surface area contributed by atoms with E-state index in [1.807, 2.05) is 18.4 Å². The van der Waals surface area contributed by atoms with Gasteiger partial charge in [-0.2, -0.15) is 0 Å². The fourth-order valence-electron chi connectivity index (χ4n) is 1.39. The van der Waals surface area contributed by atoms with Gasteiger partial charge in [-0.3, -0.25) is 4.79 Å². The lowest BCUT2D eigenvalue weighted by atomic mass is 10.2. The van der Waals surface area contributed by atoms with E-state index in [1.165, 1.54) is 36.0 Å². The van der Waals surface area contributed by atoms with Gasteiger partial charge in [-0.1, -0.05) is 6.07 Å². The molecule has 0 saturated heterocycles. The summed E-state index contributed by atoms with van der Waals surface area (Å²) >= 11 is 1.50. The van der Waals surface area contributed by atoms with Crippen LogP contribution >= 0.6 is 11.8 Å². The highest BCUT2D eigenvalue weighted by Gasteiger charge is 2.07. The molecule has 1 heterocycles. The zero-order chi connectivity index (χ0) is 13.0. The second kappa shape index (κ2) is 5.64. The van der Waals surface area contributed by atoms with Crippen LogP contribution in [0.25, 0.3) is 0 Å². The Bertz CT molecular complexity index is 557. The van der Waals surface area contributed by atoms with E-state index in [9.17, 15) is 9.18 Å². The molecule has 1 aromatic heterocycles. The molecule has 92 valence electrons. The summed E-state index contributed by atoms with van der Waals surface area (Å²) in [5, 5.41) is 3.49. The molecule has 0 bridgehead atoms. The van der Waals surface area contributed by atoms with Crippen LogP contribution in [0.2, 0.25) is 0 Å². The number of nitrogens with zero attached hydrogens (tertiary/aromatic N) is 1. The van der Waals surface area contributed by atoms with Crippen molar-refractivity contribution in [3.05, 3.63) is 53.8 Å². The predicted molar refractivity (Wildman–Crippen MR) is 70.4 cm³/mol. The Balaban J connectivity index is 2.13. The van der Waals surface area contributed by atoms with E-state index in [4.69, 9.17) is 0 Å². The van der Waals surface area contributed by atoms with E-state index < -0.39 is 0 Å². The Morgan fingerprint density at radius 1 is 1.22 bits per heavy atom. The monoisotopic (exact) mass is 262 g/mol. The molecule has 18 heavy (non-hydrogen) atoms. The third-order valence-electron chi connectivity index (χ3n) is 2.28. The second-order valence-corrected chi connectivity index (χ2v) is 4.35. The first-order valence-corrected chi connectivity index (χ1v) is 6.49. The average molecular weight is 262 g/mol. The molecule has 0 aliphatic heterocycles. The van der Waals surface area contributed by atoms with Gasteiger partial charge in [0, 0.05) is 5.56 Å². The molecule has 0 aliphatic rings. The summed E-state index contributed by atoms with van der Waals surface area (Å²) in [5.41, 5.74) is 0.396. The number of benzene rings is 1. The zero-order valence-electron chi connectivity index (χ0n) is 9.68. The molecule has 1 aromatic carbocycles. The number of halogens is 1. The van der Waals surface area contributed by atoms with Crippen molar-refractivity contribution in [1.29, 1.82) is 0 Å². The number of hydrogen-bond donors (Lipinski definition) is 1. The summed E-state index contributed by atoms with van der Waals surface area (Å²) < 4.78 is 12.7. The van der Waals surface area contributed by atoms with Gasteiger partial charge in [0.1, 0.15) is 11.6 Å². The van der Waals surface area contributed by atoms with Crippen molar-refractivity contribution in [1.82, 2.24) is 4.98 Å². The maximum absolute atomic E-state index is 12.7. The van der Waals surface area contributed by atoms with Crippen LogP contribution in [0.5, 0.6) is 0 Å². The molecule has 0 radical (unpaired) electrons. The van der Waals surface area contributed by atoms with Crippen molar-refractivity contribution in [3.63, 3.8) is 0 Å². The first-order chi connectivity index (χ1) is 8.69. The van der Waals surface area contributed by atoms with Crippen LogP contribution in [0.1, 0.15) is 10.4 Å². The Labute approximate surface area is 108 Å². The van der Waals surface area contributed by atoms with Gasteiger partial charge in [-0.15, -0.1) is 11.8 Å². The number of aromatic nitrogens is 1. The lowest BCUT2D eigenvalue weighted by Crippen LogP contribution is -2.12. The molecule has 0 aliphatic carbocycles. The highest BCUT2D eigenvalue weighted by atomic mass is 32.2. The lowest BCUT2D eigenvalue weighted by Gasteiger charge is -2.05. The van der Waals surface area contributed by atoms with Gasteiger partial charge in [-0.05, 0) is 42.7 Å². The molecule has 2 rings (SSSR count). The minimum atomic E-state index is -0.367. The minimum Gasteiger partial charge on any atom is -0.307 e. The van der Waals surface area contributed by atoms with Crippen LogP contribution in [-0.2, 0) is 0 Å². The summed E-state index contributed by atoms with van der Waals surface area (Å²) in [6, 6.07) is 10.8. The molecule has 3 nitrogen and oxygen atoms in total. The Morgan fingerprint density at radius 2 is 1.94 bits per heavy atom. The van der Waals surface area contributed by atoms with Gasteiger partial charge in [0.15, 0.2) is 0 Å². The summed E-state index contributed by atoms with van der Waals surface area (Å²) in [6.07, 6.45) is 1.91. The number of pyridine rings is 1. The molecule has 0 saturated carbocycles. The van der Waals surface area contributed by atoms with Gasteiger partial charge >= 0.3 is 0 Å². The smallest absolute Gasteiger partial charge is 0.256 e. The average Bonchev–Trinajstić information content (AvgIpc) is 2.39. The number of anilines is 1. The number of nitrogens with one attached hydrogen (secondary N) is 1. The highest BCUT2D eigenvalue weighted by molar-refractivity contribution is 7.98. The molecule has 1 amide bonds. The van der Waals surface area contributed by atoms with Crippen molar-refractivity contribution < 1.29 is 9.18 Å². The molecule has 5 heteroatoms. The molecular formula is C13H11FN2OS. The van der Waals surface area contributed by atoms with Crippen molar-refractivity contribution in [3.8, 4) is 0 Å². The molecule has 0 atom stereocenters. The Kier molecular flexibility index (Phi) is 3.94. The summed E-state index contributed by atoms with van der Waals surface area (Å²) in [6.45, 7) is 0. The summed E-state index contributed by atoms with van der Waals surface area (Å²) in [4.78, 5) is 16.1. The van der Waals surface area contributed by atoms with Gasteiger partial charge in [0.2, 0.25) is 0 Å². The van der Waals surface area contributed by atoms with E-state index >= 15 is 0 Å². The standard InChI is InChI=1S/C13H11FN2OS/c1-18-12-4-2-3-11(15-12)16-13(17)9-5-7-10(14)8-6-9/h2-8H,1H3,(H,15,16,17). The largest absolute Gasteiger partial charge is 0.307 e. The fraction of sp³-hybridized carbons (Fsp3) is 0.0769. The molecule has 0 unspecified atom stereocenters. The molecule has 0 fully saturated rings. The molecule has 1 N–H and O–H groups in total. The van der Waals surface area contributed by atoms with Gasteiger partial charge in [0.25, 0.3) is 5.91 Å². The maximum Gasteiger partial charge on any atom is 0.256 e. The van der Waals surface area contributed by atoms with E-state index in [2.05, 4.69) is 10.3 Å². The van der Waals surface area contributed by atoms with Gasteiger partial charge in [-0.25, -0.2) is 9.37 Å². The summed E-state index contributed by atoms with van der Waals surface area (Å²) in [7, 11) is 0. The first kappa shape index (κ1) is 12.6. The second-order valence-electron chi connectivity index (χ2n) is 3.53. The highest BCUT2D eigenvalue weighted by Crippen LogP contribution is 2.14. The van der Waals surface area contributed by atoms with Crippen molar-refractivity contribution >= 4 is 23.5 Å². The van der Waals surface area contributed by atoms with Crippen LogP contribution in [0.3, 0.4) is 0 Å². The first-order valence-electron chi connectivity index (χ1n) is 5.27. The van der Waals surface area contributed by atoms with Crippen LogP contribution in [-0.4, -0.2) is 17.1 Å². The van der Waals surface area contributed by atoms with Crippen LogP contribution < -0.4 is 5.32 Å². The Hall–Kier alpha value is -1.88. The lowest BCUT2D eigenvalue weighted by molar-refractivity contribution is 0.102. The number of carbonyl (C=O) groups excluding carboxylic acids is 1. The third-order valence-corrected chi connectivity index (χ3v) is 2.93. The summed E-state index contributed by atoms with van der Waals surface area (Å²) in [5.74, 6) is -0.189. The Morgan fingerprint density at radius 3 is 2.61 bits per heavy atom. The van der Waals surface area contributed by atoms with Crippen LogP contribution in [0.4, 0.5) is 10.2 Å². The van der Waals surface area contributed by atoms with Crippen LogP contribution in [0, 0.1) is 5.82 Å². The molecular weight excluding hydrogens is 251 g/mol. The van der Waals surface area contributed by atoms with Gasteiger partial charge < -0.3 is 5.32 Å². The topological polar surface area (TPSA) is 42.0 Å². The number of carbonyl (C=O) groups is 1. The van der Waals surface area contributed by atoms with E-state index in [1.54, 1.807) is 6.07 Å². The van der Waals surface area contributed by atoms with E-state index in [0.29, 0.717) is 11.4 Å². The van der Waals surface area contributed by atoms with Crippen molar-refractivity contribution in [2.45, 2.75) is 5.03 Å². The zero-order valence-corrected chi connectivity index (χ0v) is 10.5. The maximum atomic E-state index is 12.7. The quantitative estimate of drug-likeness (QED) is 0.864. The number of thioether (sulfide) groups is 1. The normalized spacial score (nSPS) is 10.1. The number of hydrogen-bond acceptors (Lipinski definition) is 3. The fourth-order valence-corrected chi connectivity index (χ4v) is 1.79. The minimum absolute atomic E-state index is 0.305. The molecule has 0 spiro atoms. The van der Waals surface area contributed by atoms with Gasteiger partial charge in [0.05, 0.1) is 5.03 Å². The van der Waals surface area contributed by atoms with Crippen molar-refractivity contribution in [2.75, 3.05) is 11.6 Å². The van der Waals surface area contributed by atoms with E-state index in [-0.39, 0.29) is 11.7 Å².